The number of amides is 1. The van der Waals surface area contributed by atoms with Crippen LogP contribution in [0.15, 0.2) is 16.8 Å². The second-order valence-corrected chi connectivity index (χ2v) is 5.07. The molecule has 1 aromatic heterocycles. The molecular weight excluding hydrogens is 256 g/mol. The summed E-state index contributed by atoms with van der Waals surface area (Å²) in [6.45, 7) is 2.22. The fourth-order valence-corrected chi connectivity index (χ4v) is 2.65. The minimum Gasteiger partial charge on any atom is -0.325 e. The molecule has 0 spiro atoms. The van der Waals surface area contributed by atoms with Crippen LogP contribution in [0.2, 0.25) is 0 Å². The van der Waals surface area contributed by atoms with Crippen LogP contribution in [0.3, 0.4) is 0 Å². The zero-order chi connectivity index (χ0) is 11.2. The van der Waals surface area contributed by atoms with Crippen molar-refractivity contribution in [3.05, 3.63) is 16.8 Å². The number of nitrogens with one attached hydrogen (secondary N) is 2. The van der Waals surface area contributed by atoms with Gasteiger partial charge in [-0.05, 0) is 49.7 Å². The summed E-state index contributed by atoms with van der Waals surface area (Å²) in [6, 6.07) is 1.94. The van der Waals surface area contributed by atoms with Crippen molar-refractivity contribution >= 4 is 35.3 Å². The van der Waals surface area contributed by atoms with Gasteiger partial charge in [0.1, 0.15) is 0 Å². The molecule has 17 heavy (non-hydrogen) atoms. The number of hydrogen-bond donors (Lipinski definition) is 2. The lowest BCUT2D eigenvalue weighted by molar-refractivity contribution is -0.116. The monoisotopic (exact) mass is 274 g/mol. The maximum atomic E-state index is 11.6. The highest BCUT2D eigenvalue weighted by Gasteiger charge is 2.14. The third-order valence-electron chi connectivity index (χ3n) is 3.04. The maximum Gasteiger partial charge on any atom is 0.224 e. The average molecular weight is 275 g/mol. The summed E-state index contributed by atoms with van der Waals surface area (Å²) >= 11 is 1.60. The minimum atomic E-state index is 0. The highest BCUT2D eigenvalue weighted by molar-refractivity contribution is 7.08. The number of carbonyl (C=O) groups excluding carboxylic acids is 1. The summed E-state index contributed by atoms with van der Waals surface area (Å²) in [5, 5.41) is 10.2. The smallest absolute Gasteiger partial charge is 0.224 e. The molecule has 1 aromatic rings. The number of hydrogen-bond acceptors (Lipinski definition) is 3. The highest BCUT2D eigenvalue weighted by Crippen LogP contribution is 2.18. The molecule has 5 heteroatoms. The van der Waals surface area contributed by atoms with Crippen molar-refractivity contribution in [2.45, 2.75) is 25.7 Å². The predicted octanol–water partition coefficient (Wildman–Crippen LogP) is 2.89. The molecule has 1 saturated heterocycles. The summed E-state index contributed by atoms with van der Waals surface area (Å²) in [5.74, 6) is 0.881. The summed E-state index contributed by atoms with van der Waals surface area (Å²) in [6.07, 6.45) is 4.11. The molecule has 1 aliphatic rings. The molecule has 0 aliphatic carbocycles. The molecule has 0 aromatic carbocycles. The van der Waals surface area contributed by atoms with Crippen LogP contribution in [-0.2, 0) is 4.79 Å². The molecule has 1 aliphatic heterocycles. The van der Waals surface area contributed by atoms with E-state index >= 15 is 0 Å². The SMILES string of the molecule is Cl.O=C(CCC1CCNCC1)Nc1ccsc1. The fourth-order valence-electron chi connectivity index (χ4n) is 2.06. The number of halogens is 1. The Balaban J connectivity index is 0.00000144. The van der Waals surface area contributed by atoms with E-state index in [2.05, 4.69) is 10.6 Å². The van der Waals surface area contributed by atoms with Crippen molar-refractivity contribution in [2.75, 3.05) is 18.4 Å². The van der Waals surface area contributed by atoms with Gasteiger partial charge < -0.3 is 10.6 Å². The van der Waals surface area contributed by atoms with Crippen LogP contribution < -0.4 is 10.6 Å². The zero-order valence-electron chi connectivity index (χ0n) is 9.78. The van der Waals surface area contributed by atoms with Crippen LogP contribution in [0, 0.1) is 5.92 Å². The van der Waals surface area contributed by atoms with E-state index in [1.807, 2.05) is 16.8 Å². The molecule has 2 N–H and O–H groups in total. The van der Waals surface area contributed by atoms with Crippen LogP contribution in [0.4, 0.5) is 5.69 Å². The van der Waals surface area contributed by atoms with E-state index in [4.69, 9.17) is 0 Å². The first-order chi connectivity index (χ1) is 7.84. The molecule has 3 nitrogen and oxygen atoms in total. The standard InChI is InChI=1S/C12H18N2OS.ClH/c15-12(14-11-5-8-16-9-11)2-1-10-3-6-13-7-4-10;/h5,8-10,13H,1-4,6-7H2,(H,14,15);1H. The van der Waals surface area contributed by atoms with Crippen molar-refractivity contribution in [1.82, 2.24) is 5.32 Å². The van der Waals surface area contributed by atoms with E-state index in [0.717, 1.165) is 31.1 Å². The molecule has 96 valence electrons. The Labute approximate surface area is 112 Å². The van der Waals surface area contributed by atoms with E-state index in [9.17, 15) is 4.79 Å². The first-order valence-electron chi connectivity index (χ1n) is 5.87. The van der Waals surface area contributed by atoms with Crippen LogP contribution in [0.1, 0.15) is 25.7 Å². The summed E-state index contributed by atoms with van der Waals surface area (Å²) in [5.41, 5.74) is 0.931. The Morgan fingerprint density at radius 3 is 2.88 bits per heavy atom. The van der Waals surface area contributed by atoms with Gasteiger partial charge in [0.05, 0.1) is 5.69 Å². The fraction of sp³-hybridized carbons (Fsp3) is 0.583. The lowest BCUT2D eigenvalue weighted by Gasteiger charge is -2.22. The van der Waals surface area contributed by atoms with Crippen molar-refractivity contribution in [3.63, 3.8) is 0 Å². The van der Waals surface area contributed by atoms with Gasteiger partial charge in [-0.25, -0.2) is 0 Å². The number of anilines is 1. The Morgan fingerprint density at radius 2 is 2.24 bits per heavy atom. The summed E-state index contributed by atoms with van der Waals surface area (Å²) < 4.78 is 0. The Morgan fingerprint density at radius 1 is 1.47 bits per heavy atom. The first kappa shape index (κ1) is 14.5. The maximum absolute atomic E-state index is 11.6. The van der Waals surface area contributed by atoms with Crippen molar-refractivity contribution < 1.29 is 4.79 Å². The topological polar surface area (TPSA) is 41.1 Å². The van der Waals surface area contributed by atoms with Gasteiger partial charge in [0, 0.05) is 11.8 Å². The molecule has 0 radical (unpaired) electrons. The van der Waals surface area contributed by atoms with Gasteiger partial charge in [0.25, 0.3) is 0 Å². The predicted molar refractivity (Wildman–Crippen MR) is 75.0 cm³/mol. The molecule has 2 heterocycles. The highest BCUT2D eigenvalue weighted by atomic mass is 35.5. The Bertz CT molecular complexity index is 323. The molecule has 0 bridgehead atoms. The molecule has 1 amide bonds. The Kier molecular flexibility index (Phi) is 6.55. The summed E-state index contributed by atoms with van der Waals surface area (Å²) in [4.78, 5) is 11.6. The first-order valence-corrected chi connectivity index (χ1v) is 6.81. The largest absolute Gasteiger partial charge is 0.325 e. The second-order valence-electron chi connectivity index (χ2n) is 4.29. The number of piperidine rings is 1. The van der Waals surface area contributed by atoms with E-state index in [1.165, 1.54) is 12.8 Å². The van der Waals surface area contributed by atoms with Gasteiger partial charge in [-0.2, -0.15) is 11.3 Å². The van der Waals surface area contributed by atoms with Crippen molar-refractivity contribution in [3.8, 4) is 0 Å². The lowest BCUT2D eigenvalue weighted by Crippen LogP contribution is -2.28. The van der Waals surface area contributed by atoms with Crippen molar-refractivity contribution in [1.29, 1.82) is 0 Å². The van der Waals surface area contributed by atoms with Crippen LogP contribution >= 0.6 is 23.7 Å². The third-order valence-corrected chi connectivity index (χ3v) is 3.73. The minimum absolute atomic E-state index is 0. The molecular formula is C12H19ClN2OS. The second kappa shape index (κ2) is 7.69. The van der Waals surface area contributed by atoms with Gasteiger partial charge in [-0.1, -0.05) is 0 Å². The third kappa shape index (κ3) is 5.06. The lowest BCUT2D eigenvalue weighted by atomic mass is 9.93. The van der Waals surface area contributed by atoms with Gasteiger partial charge in [-0.15, -0.1) is 12.4 Å². The average Bonchev–Trinajstić information content (AvgIpc) is 2.81. The van der Waals surface area contributed by atoms with Crippen LogP contribution in [-0.4, -0.2) is 19.0 Å². The quantitative estimate of drug-likeness (QED) is 0.886. The normalized spacial score (nSPS) is 16.2. The molecule has 2 rings (SSSR count). The van der Waals surface area contributed by atoms with E-state index < -0.39 is 0 Å². The number of thiophene rings is 1. The summed E-state index contributed by atoms with van der Waals surface area (Å²) in [7, 11) is 0. The molecule has 1 fully saturated rings. The van der Waals surface area contributed by atoms with Crippen LogP contribution in [0.5, 0.6) is 0 Å². The van der Waals surface area contributed by atoms with Crippen LogP contribution in [0.25, 0.3) is 0 Å². The van der Waals surface area contributed by atoms with Gasteiger partial charge in [-0.3, -0.25) is 4.79 Å². The number of rotatable bonds is 4. The number of carbonyl (C=O) groups is 1. The van der Waals surface area contributed by atoms with E-state index in [-0.39, 0.29) is 18.3 Å². The van der Waals surface area contributed by atoms with Gasteiger partial charge in [0.2, 0.25) is 5.91 Å². The Hall–Kier alpha value is -0.580. The van der Waals surface area contributed by atoms with E-state index in [0.29, 0.717) is 6.42 Å². The zero-order valence-corrected chi connectivity index (χ0v) is 11.4. The molecule has 0 saturated carbocycles. The van der Waals surface area contributed by atoms with Gasteiger partial charge in [0.15, 0.2) is 0 Å². The van der Waals surface area contributed by atoms with Gasteiger partial charge >= 0.3 is 0 Å². The van der Waals surface area contributed by atoms with E-state index in [1.54, 1.807) is 11.3 Å². The molecule has 0 unspecified atom stereocenters. The van der Waals surface area contributed by atoms with Crippen molar-refractivity contribution in [2.24, 2.45) is 5.92 Å². The molecule has 0 atom stereocenters.